The van der Waals surface area contributed by atoms with Crippen LogP contribution in [0, 0.1) is 11.8 Å². The predicted octanol–water partition coefficient (Wildman–Crippen LogP) is 1.85. The van der Waals surface area contributed by atoms with Crippen LogP contribution in [0.4, 0.5) is 0 Å². The lowest BCUT2D eigenvalue weighted by Gasteiger charge is -2.46. The molecule has 106 valence electrons. The van der Waals surface area contributed by atoms with Gasteiger partial charge in [-0.05, 0) is 37.8 Å². The zero-order valence-corrected chi connectivity index (χ0v) is 12.1. The largest absolute Gasteiger partial charge is 0.330 e. The van der Waals surface area contributed by atoms with Crippen molar-refractivity contribution >= 4 is 0 Å². The molecule has 1 aromatic rings. The second kappa shape index (κ2) is 5.25. The molecule has 2 atom stereocenters. The third kappa shape index (κ3) is 2.32. The van der Waals surface area contributed by atoms with Gasteiger partial charge in [-0.3, -0.25) is 0 Å². The molecule has 0 spiro atoms. The molecule has 2 N–H and O–H groups in total. The molecule has 3 fully saturated rings. The highest BCUT2D eigenvalue weighted by Crippen LogP contribution is 2.37. The topological polar surface area (TPSA) is 47.1 Å². The average Bonchev–Trinajstić information content (AvgIpc) is 2.89. The quantitative estimate of drug-likeness (QED) is 0.901. The molecule has 4 heterocycles. The molecule has 2 unspecified atom stereocenters. The fourth-order valence-electron chi connectivity index (χ4n) is 3.86. The van der Waals surface area contributed by atoms with Crippen LogP contribution in [0.1, 0.15) is 44.3 Å². The van der Waals surface area contributed by atoms with Gasteiger partial charge in [0.25, 0.3) is 0 Å². The van der Waals surface area contributed by atoms with Gasteiger partial charge >= 0.3 is 0 Å². The van der Waals surface area contributed by atoms with E-state index >= 15 is 0 Å². The summed E-state index contributed by atoms with van der Waals surface area (Å²) in [5.74, 6) is 1.84. The van der Waals surface area contributed by atoms with Crippen LogP contribution in [-0.4, -0.2) is 40.6 Å². The van der Waals surface area contributed by atoms with Crippen LogP contribution in [0.3, 0.4) is 0 Å². The van der Waals surface area contributed by atoms with Gasteiger partial charge in [-0.15, -0.1) is 0 Å². The molecular formula is C15H26N4. The van der Waals surface area contributed by atoms with Crippen molar-refractivity contribution in [2.24, 2.45) is 17.6 Å². The SMILES string of the molecule is CC(C)C(CN)c1cncn1C1CN2CCC1CC2. The smallest absolute Gasteiger partial charge is 0.0951 e. The fourth-order valence-corrected chi connectivity index (χ4v) is 3.86. The van der Waals surface area contributed by atoms with E-state index in [0.29, 0.717) is 24.4 Å². The molecule has 0 saturated carbocycles. The number of rotatable bonds is 4. The Morgan fingerprint density at radius 3 is 2.63 bits per heavy atom. The van der Waals surface area contributed by atoms with Gasteiger partial charge in [-0.25, -0.2) is 4.98 Å². The van der Waals surface area contributed by atoms with Crippen molar-refractivity contribution in [3.8, 4) is 0 Å². The summed E-state index contributed by atoms with van der Waals surface area (Å²) in [5.41, 5.74) is 7.33. The Labute approximate surface area is 116 Å². The summed E-state index contributed by atoms with van der Waals surface area (Å²) in [4.78, 5) is 7.02. The molecule has 0 radical (unpaired) electrons. The molecular weight excluding hydrogens is 236 g/mol. The van der Waals surface area contributed by atoms with Crippen LogP contribution in [0.5, 0.6) is 0 Å². The Kier molecular flexibility index (Phi) is 3.63. The summed E-state index contributed by atoms with van der Waals surface area (Å²) in [7, 11) is 0. The molecule has 0 aromatic carbocycles. The minimum absolute atomic E-state index is 0.429. The summed E-state index contributed by atoms with van der Waals surface area (Å²) < 4.78 is 2.44. The van der Waals surface area contributed by atoms with E-state index in [9.17, 15) is 0 Å². The normalized spacial score (nSPS) is 31.9. The molecule has 4 heteroatoms. The Bertz CT molecular complexity index is 418. The summed E-state index contributed by atoms with van der Waals surface area (Å²) in [6.07, 6.45) is 6.76. The lowest BCUT2D eigenvalue weighted by atomic mass is 9.83. The van der Waals surface area contributed by atoms with Crippen molar-refractivity contribution in [2.75, 3.05) is 26.2 Å². The van der Waals surface area contributed by atoms with Crippen molar-refractivity contribution in [1.29, 1.82) is 0 Å². The second-order valence-corrected chi connectivity index (χ2v) is 6.52. The van der Waals surface area contributed by atoms with E-state index < -0.39 is 0 Å². The van der Waals surface area contributed by atoms with Crippen LogP contribution in [-0.2, 0) is 0 Å². The standard InChI is InChI=1S/C15H26N4/c1-11(2)13(7-16)14-8-17-10-19(14)15-9-18-5-3-12(15)4-6-18/h8,10-13,15H,3-7,9,16H2,1-2H3. The number of nitrogens with zero attached hydrogens (tertiary/aromatic N) is 3. The van der Waals surface area contributed by atoms with Gasteiger partial charge in [-0.1, -0.05) is 13.8 Å². The Hall–Kier alpha value is -0.870. The highest BCUT2D eigenvalue weighted by Gasteiger charge is 2.36. The van der Waals surface area contributed by atoms with Crippen LogP contribution in [0.2, 0.25) is 0 Å². The minimum Gasteiger partial charge on any atom is -0.330 e. The third-order valence-electron chi connectivity index (χ3n) is 5.11. The number of imidazole rings is 1. The maximum atomic E-state index is 5.99. The van der Waals surface area contributed by atoms with Crippen LogP contribution < -0.4 is 5.73 Å². The molecule has 3 saturated heterocycles. The highest BCUT2D eigenvalue weighted by atomic mass is 15.2. The maximum absolute atomic E-state index is 5.99. The molecule has 19 heavy (non-hydrogen) atoms. The van der Waals surface area contributed by atoms with E-state index in [1.54, 1.807) is 0 Å². The van der Waals surface area contributed by atoms with Gasteiger partial charge < -0.3 is 15.2 Å². The number of hydrogen-bond donors (Lipinski definition) is 1. The molecule has 4 rings (SSSR count). The first-order chi connectivity index (χ1) is 9.20. The molecule has 1 aromatic heterocycles. The van der Waals surface area contributed by atoms with E-state index in [2.05, 4.69) is 28.3 Å². The van der Waals surface area contributed by atoms with E-state index in [4.69, 9.17) is 5.73 Å². The van der Waals surface area contributed by atoms with Crippen molar-refractivity contribution in [2.45, 2.75) is 38.6 Å². The van der Waals surface area contributed by atoms with E-state index in [0.717, 1.165) is 5.92 Å². The maximum Gasteiger partial charge on any atom is 0.0951 e. The number of fused-ring (bicyclic) bond motifs is 3. The molecule has 3 aliphatic rings. The first-order valence-corrected chi connectivity index (χ1v) is 7.65. The van der Waals surface area contributed by atoms with Gasteiger partial charge in [0.2, 0.25) is 0 Å². The van der Waals surface area contributed by atoms with Crippen molar-refractivity contribution in [3.05, 3.63) is 18.2 Å². The number of aromatic nitrogens is 2. The highest BCUT2D eigenvalue weighted by molar-refractivity contribution is 5.11. The van der Waals surface area contributed by atoms with E-state index in [-0.39, 0.29) is 0 Å². The second-order valence-electron chi connectivity index (χ2n) is 6.52. The van der Waals surface area contributed by atoms with Gasteiger partial charge in [0.1, 0.15) is 0 Å². The lowest BCUT2D eigenvalue weighted by Crippen LogP contribution is -2.48. The molecule has 0 amide bonds. The van der Waals surface area contributed by atoms with Gasteiger partial charge in [-0.2, -0.15) is 0 Å². The van der Waals surface area contributed by atoms with Crippen molar-refractivity contribution in [3.63, 3.8) is 0 Å². The zero-order chi connectivity index (χ0) is 13.4. The molecule has 3 aliphatic heterocycles. The monoisotopic (exact) mass is 262 g/mol. The average molecular weight is 262 g/mol. The Balaban J connectivity index is 1.87. The van der Waals surface area contributed by atoms with Crippen LogP contribution in [0.25, 0.3) is 0 Å². The summed E-state index contributed by atoms with van der Waals surface area (Å²) in [5, 5.41) is 0. The van der Waals surface area contributed by atoms with Gasteiger partial charge in [0.05, 0.1) is 12.4 Å². The Morgan fingerprint density at radius 1 is 1.37 bits per heavy atom. The Morgan fingerprint density at radius 2 is 2.11 bits per heavy atom. The first-order valence-electron chi connectivity index (χ1n) is 7.65. The van der Waals surface area contributed by atoms with Crippen LogP contribution >= 0.6 is 0 Å². The fraction of sp³-hybridized carbons (Fsp3) is 0.800. The number of hydrogen-bond acceptors (Lipinski definition) is 3. The van der Waals surface area contributed by atoms with Crippen molar-refractivity contribution < 1.29 is 0 Å². The molecule has 2 bridgehead atoms. The zero-order valence-electron chi connectivity index (χ0n) is 12.1. The lowest BCUT2D eigenvalue weighted by molar-refractivity contribution is 0.0550. The summed E-state index contributed by atoms with van der Waals surface area (Å²) in [6, 6.07) is 0.618. The van der Waals surface area contributed by atoms with E-state index in [1.165, 1.54) is 38.2 Å². The van der Waals surface area contributed by atoms with Gasteiger partial charge in [0, 0.05) is 30.9 Å². The summed E-state index contributed by atoms with van der Waals surface area (Å²) >= 11 is 0. The number of nitrogens with two attached hydrogens (primary N) is 1. The first kappa shape index (κ1) is 13.1. The molecule has 4 nitrogen and oxygen atoms in total. The van der Waals surface area contributed by atoms with Gasteiger partial charge in [0.15, 0.2) is 0 Å². The third-order valence-corrected chi connectivity index (χ3v) is 5.11. The number of piperidine rings is 3. The van der Waals surface area contributed by atoms with Crippen molar-refractivity contribution in [1.82, 2.24) is 14.5 Å². The minimum atomic E-state index is 0.429. The summed E-state index contributed by atoms with van der Waals surface area (Å²) in [6.45, 7) is 9.00. The molecule has 0 aliphatic carbocycles. The van der Waals surface area contributed by atoms with Crippen LogP contribution in [0.15, 0.2) is 12.5 Å². The van der Waals surface area contributed by atoms with E-state index in [1.807, 2.05) is 12.5 Å². The predicted molar refractivity (Wildman–Crippen MR) is 77.1 cm³/mol.